The summed E-state index contributed by atoms with van der Waals surface area (Å²) in [6, 6.07) is 5.11. The van der Waals surface area contributed by atoms with Crippen LogP contribution in [-0.4, -0.2) is 15.8 Å². The Labute approximate surface area is 108 Å². The van der Waals surface area contributed by atoms with Crippen molar-refractivity contribution in [2.75, 3.05) is 0 Å². The second-order valence-corrected chi connectivity index (χ2v) is 4.29. The number of rotatable bonds is 3. The van der Waals surface area contributed by atoms with E-state index in [1.54, 1.807) is 18.5 Å². The molecule has 0 saturated heterocycles. The van der Waals surface area contributed by atoms with Crippen LogP contribution in [-0.2, 0) is 6.42 Å². The summed E-state index contributed by atoms with van der Waals surface area (Å²) in [5.41, 5.74) is 1.06. The lowest BCUT2D eigenvalue weighted by molar-refractivity contribution is 0.0988. The summed E-state index contributed by atoms with van der Waals surface area (Å²) in [7, 11) is 0. The molecule has 0 saturated carbocycles. The van der Waals surface area contributed by atoms with E-state index in [1.807, 2.05) is 6.07 Å². The van der Waals surface area contributed by atoms with Crippen LogP contribution in [0.4, 0.5) is 0 Å². The first-order valence-corrected chi connectivity index (χ1v) is 5.65. The number of Topliss-reactive ketones (excluding diaryl/α,β-unsaturated/α-hetero) is 1. The highest BCUT2D eigenvalue weighted by Crippen LogP contribution is 2.19. The number of aromatic nitrogens is 2. The van der Waals surface area contributed by atoms with Crippen LogP contribution in [0.1, 0.15) is 16.1 Å². The molecule has 0 bridgehead atoms. The quantitative estimate of drug-likeness (QED) is 0.802. The summed E-state index contributed by atoms with van der Waals surface area (Å²) < 4.78 is 0. The molecule has 0 unspecified atom stereocenters. The molecule has 5 heteroatoms. The van der Waals surface area contributed by atoms with Crippen molar-refractivity contribution in [1.29, 1.82) is 0 Å². The molecule has 0 spiro atoms. The van der Waals surface area contributed by atoms with Crippen LogP contribution < -0.4 is 0 Å². The molecule has 2 rings (SSSR count). The average Bonchev–Trinajstić information content (AvgIpc) is 2.30. The Morgan fingerprint density at radius 1 is 1.29 bits per heavy atom. The molecule has 2 aromatic rings. The molecule has 0 aliphatic rings. The van der Waals surface area contributed by atoms with E-state index in [0.717, 1.165) is 5.56 Å². The smallest absolute Gasteiger partial charge is 0.187 e. The van der Waals surface area contributed by atoms with E-state index < -0.39 is 0 Å². The van der Waals surface area contributed by atoms with Gasteiger partial charge in [-0.25, -0.2) is 4.98 Å². The van der Waals surface area contributed by atoms with Crippen LogP contribution in [0.25, 0.3) is 0 Å². The topological polar surface area (TPSA) is 42.9 Å². The van der Waals surface area contributed by atoms with Crippen LogP contribution >= 0.6 is 23.2 Å². The number of pyridine rings is 2. The second kappa shape index (κ2) is 5.25. The van der Waals surface area contributed by atoms with Crippen molar-refractivity contribution in [1.82, 2.24) is 9.97 Å². The SMILES string of the molecule is O=C(Cc1cccnc1)c1ncc(Cl)cc1Cl. The summed E-state index contributed by atoms with van der Waals surface area (Å²) in [4.78, 5) is 19.8. The number of nitrogens with zero attached hydrogens (tertiary/aromatic N) is 2. The lowest BCUT2D eigenvalue weighted by Crippen LogP contribution is -2.06. The average molecular weight is 267 g/mol. The Bertz CT molecular complexity index is 543. The van der Waals surface area contributed by atoms with E-state index in [2.05, 4.69) is 9.97 Å². The molecule has 0 fully saturated rings. The minimum atomic E-state index is -0.153. The Balaban J connectivity index is 2.21. The van der Waals surface area contributed by atoms with E-state index >= 15 is 0 Å². The van der Waals surface area contributed by atoms with Gasteiger partial charge in [0.15, 0.2) is 5.78 Å². The molecule has 0 aromatic carbocycles. The summed E-state index contributed by atoms with van der Waals surface area (Å²) in [6.45, 7) is 0. The van der Waals surface area contributed by atoms with Gasteiger partial charge in [0.05, 0.1) is 10.0 Å². The van der Waals surface area contributed by atoms with Crippen LogP contribution in [0.3, 0.4) is 0 Å². The van der Waals surface area contributed by atoms with Gasteiger partial charge in [-0.2, -0.15) is 0 Å². The number of halogens is 2. The molecular formula is C12H8Cl2N2O. The zero-order valence-corrected chi connectivity index (χ0v) is 10.2. The van der Waals surface area contributed by atoms with Gasteiger partial charge in [-0.15, -0.1) is 0 Å². The van der Waals surface area contributed by atoms with Crippen molar-refractivity contribution in [3.05, 3.63) is 58.1 Å². The number of hydrogen-bond donors (Lipinski definition) is 0. The lowest BCUT2D eigenvalue weighted by atomic mass is 10.1. The number of ketones is 1. The largest absolute Gasteiger partial charge is 0.292 e. The summed E-state index contributed by atoms with van der Waals surface area (Å²) in [5, 5.41) is 0.680. The molecule has 17 heavy (non-hydrogen) atoms. The first-order valence-electron chi connectivity index (χ1n) is 4.90. The van der Waals surface area contributed by atoms with Crippen molar-refractivity contribution in [3.8, 4) is 0 Å². The zero-order chi connectivity index (χ0) is 12.3. The predicted molar refractivity (Wildman–Crippen MR) is 66.5 cm³/mol. The highest BCUT2D eigenvalue weighted by molar-refractivity contribution is 6.36. The van der Waals surface area contributed by atoms with Gasteiger partial charge < -0.3 is 0 Å². The number of hydrogen-bond acceptors (Lipinski definition) is 3. The first-order chi connectivity index (χ1) is 8.16. The van der Waals surface area contributed by atoms with Crippen LogP contribution in [0, 0.1) is 0 Å². The summed E-state index contributed by atoms with van der Waals surface area (Å²) >= 11 is 11.6. The maximum absolute atomic E-state index is 11.9. The van der Waals surface area contributed by atoms with Gasteiger partial charge in [0.1, 0.15) is 5.69 Å². The van der Waals surface area contributed by atoms with E-state index in [4.69, 9.17) is 23.2 Å². The highest BCUT2D eigenvalue weighted by atomic mass is 35.5. The fourth-order valence-electron chi connectivity index (χ4n) is 1.39. The van der Waals surface area contributed by atoms with Crippen molar-refractivity contribution in [3.63, 3.8) is 0 Å². The van der Waals surface area contributed by atoms with Crippen molar-refractivity contribution in [2.45, 2.75) is 6.42 Å². The molecule has 2 aromatic heterocycles. The van der Waals surface area contributed by atoms with Gasteiger partial charge in [0.2, 0.25) is 0 Å². The summed E-state index contributed by atoms with van der Waals surface area (Å²) in [6.07, 6.45) is 4.93. The Morgan fingerprint density at radius 3 is 2.76 bits per heavy atom. The second-order valence-electron chi connectivity index (χ2n) is 3.45. The Hall–Kier alpha value is -1.45. The van der Waals surface area contributed by atoms with Gasteiger partial charge in [-0.05, 0) is 17.7 Å². The minimum Gasteiger partial charge on any atom is -0.292 e. The molecule has 0 aliphatic heterocycles. The predicted octanol–water partition coefficient (Wildman–Crippen LogP) is 3.21. The fraction of sp³-hybridized carbons (Fsp3) is 0.0833. The lowest BCUT2D eigenvalue weighted by Gasteiger charge is -2.02. The zero-order valence-electron chi connectivity index (χ0n) is 8.73. The molecule has 86 valence electrons. The number of carbonyl (C=O) groups excluding carboxylic acids is 1. The van der Waals surface area contributed by atoms with Gasteiger partial charge in [-0.3, -0.25) is 9.78 Å². The highest BCUT2D eigenvalue weighted by Gasteiger charge is 2.13. The normalized spacial score (nSPS) is 10.2. The van der Waals surface area contributed by atoms with Crippen molar-refractivity contribution >= 4 is 29.0 Å². The Kier molecular flexibility index (Phi) is 3.71. The molecule has 0 radical (unpaired) electrons. The van der Waals surface area contributed by atoms with Gasteiger partial charge in [-0.1, -0.05) is 29.3 Å². The third kappa shape index (κ3) is 3.02. The van der Waals surface area contributed by atoms with E-state index in [0.29, 0.717) is 5.02 Å². The summed E-state index contributed by atoms with van der Waals surface area (Å²) in [5.74, 6) is -0.153. The fourth-order valence-corrected chi connectivity index (χ4v) is 1.88. The Morgan fingerprint density at radius 2 is 2.12 bits per heavy atom. The van der Waals surface area contributed by atoms with E-state index in [1.165, 1.54) is 12.3 Å². The molecule has 0 atom stereocenters. The molecular weight excluding hydrogens is 259 g/mol. The van der Waals surface area contributed by atoms with E-state index in [-0.39, 0.29) is 22.9 Å². The maximum Gasteiger partial charge on any atom is 0.187 e. The van der Waals surface area contributed by atoms with Crippen molar-refractivity contribution in [2.24, 2.45) is 0 Å². The molecule has 0 amide bonds. The van der Waals surface area contributed by atoms with Crippen LogP contribution in [0.15, 0.2) is 36.8 Å². The standard InChI is InChI=1S/C12H8Cl2N2O/c13-9-5-10(14)12(16-7-9)11(17)4-8-2-1-3-15-6-8/h1-3,5-7H,4H2. The van der Waals surface area contributed by atoms with Crippen molar-refractivity contribution < 1.29 is 4.79 Å². The third-order valence-electron chi connectivity index (χ3n) is 2.16. The van der Waals surface area contributed by atoms with Gasteiger partial charge in [0.25, 0.3) is 0 Å². The first kappa shape index (κ1) is 12.0. The number of carbonyl (C=O) groups is 1. The molecule has 0 aliphatic carbocycles. The van der Waals surface area contributed by atoms with E-state index in [9.17, 15) is 4.79 Å². The molecule has 2 heterocycles. The minimum absolute atomic E-state index is 0.153. The molecule has 0 N–H and O–H groups in total. The van der Waals surface area contributed by atoms with Crippen LogP contribution in [0.5, 0.6) is 0 Å². The van der Waals surface area contributed by atoms with Gasteiger partial charge in [0, 0.05) is 25.0 Å². The monoisotopic (exact) mass is 266 g/mol. The van der Waals surface area contributed by atoms with Gasteiger partial charge >= 0.3 is 0 Å². The maximum atomic E-state index is 11.9. The third-order valence-corrected chi connectivity index (χ3v) is 2.65. The molecule has 3 nitrogen and oxygen atoms in total. The van der Waals surface area contributed by atoms with Crippen LogP contribution in [0.2, 0.25) is 10.0 Å².